The Hall–Kier alpha value is -1.56. The second kappa shape index (κ2) is 7.34. The molecular formula is C17H23BrO5. The summed E-state index contributed by atoms with van der Waals surface area (Å²) in [6, 6.07) is 5.01. The van der Waals surface area contributed by atoms with Gasteiger partial charge in [-0.1, -0.05) is 28.1 Å². The van der Waals surface area contributed by atoms with Crippen LogP contribution in [0.3, 0.4) is 0 Å². The number of para-hydroxylation sites is 1. The predicted octanol–water partition coefficient (Wildman–Crippen LogP) is 4.85. The quantitative estimate of drug-likeness (QED) is 0.422. The normalized spacial score (nSPS) is 11.8. The first-order valence-corrected chi connectivity index (χ1v) is 8.37. The second-order valence-corrected chi connectivity index (χ2v) is 7.56. The third kappa shape index (κ3) is 6.60. The minimum Gasteiger partial charge on any atom is -0.456 e. The van der Waals surface area contributed by atoms with E-state index in [9.17, 15) is 9.59 Å². The zero-order valence-corrected chi connectivity index (χ0v) is 15.9. The Morgan fingerprint density at radius 3 is 2.04 bits per heavy atom. The fraction of sp³-hybridized carbons (Fsp3) is 0.529. The van der Waals surface area contributed by atoms with Crippen LogP contribution in [0.15, 0.2) is 18.2 Å². The highest BCUT2D eigenvalue weighted by Crippen LogP contribution is 2.29. The monoisotopic (exact) mass is 386 g/mol. The molecule has 0 saturated heterocycles. The third-order valence-electron chi connectivity index (χ3n) is 2.43. The fourth-order valence-electron chi connectivity index (χ4n) is 1.66. The minimum atomic E-state index is -0.865. The van der Waals surface area contributed by atoms with Gasteiger partial charge in [-0.25, -0.2) is 9.59 Å². The van der Waals surface area contributed by atoms with Crippen LogP contribution in [0.5, 0.6) is 5.75 Å². The topological polar surface area (TPSA) is 61.8 Å². The highest BCUT2D eigenvalue weighted by molar-refractivity contribution is 9.08. The van der Waals surface area contributed by atoms with E-state index in [4.69, 9.17) is 14.2 Å². The molecule has 0 atom stereocenters. The van der Waals surface area contributed by atoms with Gasteiger partial charge in [-0.3, -0.25) is 0 Å². The van der Waals surface area contributed by atoms with E-state index in [-0.39, 0.29) is 11.3 Å². The molecule has 0 aliphatic heterocycles. The van der Waals surface area contributed by atoms with E-state index >= 15 is 0 Å². The van der Waals surface area contributed by atoms with Crippen LogP contribution >= 0.6 is 15.9 Å². The van der Waals surface area contributed by atoms with E-state index in [1.54, 1.807) is 59.7 Å². The number of halogens is 1. The van der Waals surface area contributed by atoms with Gasteiger partial charge in [0.05, 0.1) is 0 Å². The maximum Gasteiger partial charge on any atom is 0.514 e. The number of carbonyl (C=O) groups is 2. The van der Waals surface area contributed by atoms with E-state index in [0.717, 1.165) is 0 Å². The van der Waals surface area contributed by atoms with Crippen LogP contribution in [0.2, 0.25) is 0 Å². The van der Waals surface area contributed by atoms with Crippen molar-refractivity contribution in [1.82, 2.24) is 0 Å². The van der Waals surface area contributed by atoms with Crippen molar-refractivity contribution in [2.45, 2.75) is 58.1 Å². The number of rotatable bonds is 3. The van der Waals surface area contributed by atoms with Gasteiger partial charge < -0.3 is 14.2 Å². The summed E-state index contributed by atoms with van der Waals surface area (Å²) in [5.41, 5.74) is -0.501. The van der Waals surface area contributed by atoms with Crippen molar-refractivity contribution in [1.29, 1.82) is 0 Å². The van der Waals surface area contributed by atoms with Crippen molar-refractivity contribution >= 4 is 28.1 Å². The molecule has 0 N–H and O–H groups in total. The molecule has 6 heteroatoms. The Bertz CT molecular complexity index is 582. The van der Waals surface area contributed by atoms with Gasteiger partial charge in [-0.05, 0) is 47.6 Å². The summed E-state index contributed by atoms with van der Waals surface area (Å²) in [4.78, 5) is 24.3. The number of carbonyl (C=O) groups excluding carboxylic acids is 2. The molecule has 128 valence electrons. The molecule has 1 aromatic rings. The lowest BCUT2D eigenvalue weighted by Gasteiger charge is -2.22. The molecule has 0 aliphatic rings. The van der Waals surface area contributed by atoms with Crippen molar-refractivity contribution in [3.05, 3.63) is 29.3 Å². The highest BCUT2D eigenvalue weighted by atomic mass is 79.9. The average molecular weight is 387 g/mol. The van der Waals surface area contributed by atoms with Crippen LogP contribution in [0, 0.1) is 0 Å². The van der Waals surface area contributed by atoms with Crippen LogP contribution in [0.25, 0.3) is 0 Å². The zero-order chi connectivity index (χ0) is 17.8. The Kier molecular flexibility index (Phi) is 6.22. The van der Waals surface area contributed by atoms with Gasteiger partial charge >= 0.3 is 12.1 Å². The zero-order valence-electron chi connectivity index (χ0n) is 14.4. The summed E-state index contributed by atoms with van der Waals surface area (Å²) < 4.78 is 15.8. The summed E-state index contributed by atoms with van der Waals surface area (Å²) in [5, 5.41) is 0.418. The Morgan fingerprint density at radius 2 is 1.57 bits per heavy atom. The molecule has 1 aromatic carbocycles. The number of esters is 1. The summed E-state index contributed by atoms with van der Waals surface area (Å²) >= 11 is 3.32. The van der Waals surface area contributed by atoms with E-state index in [1.807, 2.05) is 0 Å². The maximum atomic E-state index is 12.3. The lowest BCUT2D eigenvalue weighted by Crippen LogP contribution is -2.27. The molecule has 23 heavy (non-hydrogen) atoms. The minimum absolute atomic E-state index is 0.146. The standard InChI is InChI=1S/C17H23BrO5/c1-16(2,3)22-14(19)12-9-7-8-11(10-18)13(12)21-15(20)23-17(4,5)6/h7-9H,10H2,1-6H3. The molecule has 0 spiro atoms. The summed E-state index contributed by atoms with van der Waals surface area (Å²) in [7, 11) is 0. The number of benzene rings is 1. The number of hydrogen-bond donors (Lipinski definition) is 0. The smallest absolute Gasteiger partial charge is 0.456 e. The molecule has 0 aromatic heterocycles. The molecule has 0 fully saturated rings. The van der Waals surface area contributed by atoms with Gasteiger partial charge in [0.15, 0.2) is 5.75 Å². The fourth-order valence-corrected chi connectivity index (χ4v) is 2.10. The van der Waals surface area contributed by atoms with Crippen LogP contribution < -0.4 is 4.74 Å². The largest absolute Gasteiger partial charge is 0.514 e. The molecular weight excluding hydrogens is 364 g/mol. The van der Waals surface area contributed by atoms with Crippen molar-refractivity contribution < 1.29 is 23.8 Å². The van der Waals surface area contributed by atoms with Gasteiger partial charge in [0.1, 0.15) is 16.8 Å². The molecule has 0 radical (unpaired) electrons. The van der Waals surface area contributed by atoms with Crippen molar-refractivity contribution in [2.24, 2.45) is 0 Å². The number of alkyl halides is 1. The van der Waals surface area contributed by atoms with Crippen molar-refractivity contribution in [2.75, 3.05) is 0 Å². The van der Waals surface area contributed by atoms with E-state index < -0.39 is 23.3 Å². The second-order valence-electron chi connectivity index (χ2n) is 7.00. The summed E-state index contributed by atoms with van der Waals surface area (Å²) in [6.45, 7) is 10.5. The van der Waals surface area contributed by atoms with E-state index in [2.05, 4.69) is 15.9 Å². The lowest BCUT2D eigenvalue weighted by atomic mass is 10.1. The maximum absolute atomic E-state index is 12.3. The van der Waals surface area contributed by atoms with Crippen LogP contribution in [0.1, 0.15) is 57.5 Å². The third-order valence-corrected chi connectivity index (χ3v) is 3.04. The Morgan fingerprint density at radius 1 is 1.00 bits per heavy atom. The molecule has 0 heterocycles. The number of ether oxygens (including phenoxy) is 3. The first-order valence-electron chi connectivity index (χ1n) is 7.25. The predicted molar refractivity (Wildman–Crippen MR) is 91.1 cm³/mol. The highest BCUT2D eigenvalue weighted by Gasteiger charge is 2.26. The van der Waals surface area contributed by atoms with Gasteiger partial charge in [0.25, 0.3) is 0 Å². The SMILES string of the molecule is CC(C)(C)OC(=O)Oc1c(CBr)cccc1C(=O)OC(C)(C)C. The molecule has 1 rings (SSSR count). The van der Waals surface area contributed by atoms with Crippen molar-refractivity contribution in [3.8, 4) is 5.75 Å². The molecule has 0 bridgehead atoms. The lowest BCUT2D eigenvalue weighted by molar-refractivity contribution is 0.00607. The van der Waals surface area contributed by atoms with E-state index in [0.29, 0.717) is 10.9 Å². The molecule has 0 aliphatic carbocycles. The van der Waals surface area contributed by atoms with Gasteiger partial charge in [-0.2, -0.15) is 0 Å². The van der Waals surface area contributed by atoms with Gasteiger partial charge in [-0.15, -0.1) is 0 Å². The van der Waals surface area contributed by atoms with Crippen LogP contribution in [0.4, 0.5) is 4.79 Å². The first-order chi connectivity index (χ1) is 10.4. The molecule has 5 nitrogen and oxygen atoms in total. The average Bonchev–Trinajstić information content (AvgIpc) is 2.34. The summed E-state index contributed by atoms with van der Waals surface area (Å²) in [5.74, 6) is -0.410. The molecule has 0 amide bonds. The van der Waals surface area contributed by atoms with Crippen LogP contribution in [-0.4, -0.2) is 23.3 Å². The van der Waals surface area contributed by atoms with Gasteiger partial charge in [0.2, 0.25) is 0 Å². The van der Waals surface area contributed by atoms with Crippen molar-refractivity contribution in [3.63, 3.8) is 0 Å². The summed E-state index contributed by atoms with van der Waals surface area (Å²) in [6.07, 6.45) is -0.865. The Balaban J connectivity index is 3.13. The first kappa shape index (κ1) is 19.5. The number of hydrogen-bond acceptors (Lipinski definition) is 5. The van der Waals surface area contributed by atoms with Crippen LogP contribution in [-0.2, 0) is 14.8 Å². The van der Waals surface area contributed by atoms with E-state index in [1.165, 1.54) is 0 Å². The van der Waals surface area contributed by atoms with Gasteiger partial charge in [0, 0.05) is 10.9 Å². The molecule has 0 unspecified atom stereocenters. The molecule has 0 saturated carbocycles. The Labute approximate surface area is 145 Å².